The maximum atomic E-state index is 13.0. The van der Waals surface area contributed by atoms with Crippen LogP contribution in [0, 0.1) is 0 Å². The molecule has 1 N–H and O–H groups in total. The number of likely N-dealkylation sites (tertiary alicyclic amines) is 1. The summed E-state index contributed by atoms with van der Waals surface area (Å²) in [5.41, 5.74) is 0.455. The molecule has 0 radical (unpaired) electrons. The van der Waals surface area contributed by atoms with Gasteiger partial charge >= 0.3 is 6.09 Å². The molecule has 0 bridgehead atoms. The number of rotatable bonds is 5. The van der Waals surface area contributed by atoms with E-state index >= 15 is 0 Å². The lowest BCUT2D eigenvalue weighted by atomic mass is 9.85. The lowest BCUT2D eigenvalue weighted by Crippen LogP contribution is -2.71. The maximum Gasteiger partial charge on any atom is 0.407 e. The van der Waals surface area contributed by atoms with Crippen LogP contribution in [0.2, 0.25) is 0 Å². The van der Waals surface area contributed by atoms with Gasteiger partial charge in [0.15, 0.2) is 0 Å². The van der Waals surface area contributed by atoms with Crippen molar-refractivity contribution in [2.24, 2.45) is 0 Å². The Morgan fingerprint density at radius 1 is 1.17 bits per heavy atom. The van der Waals surface area contributed by atoms with Gasteiger partial charge in [0.05, 0.1) is 13.2 Å². The molecule has 164 valence electrons. The smallest absolute Gasteiger partial charge is 0.407 e. The first-order valence-corrected chi connectivity index (χ1v) is 10.8. The highest BCUT2D eigenvalue weighted by Crippen LogP contribution is 2.45. The van der Waals surface area contributed by atoms with Crippen LogP contribution in [0.15, 0.2) is 30.3 Å². The molecule has 0 aliphatic carbocycles. The van der Waals surface area contributed by atoms with Crippen LogP contribution in [0.25, 0.3) is 0 Å². The fourth-order valence-electron chi connectivity index (χ4n) is 5.81. The molecule has 8 heteroatoms. The number of nitrogens with zero attached hydrogens (tertiary/aromatic N) is 4. The minimum atomic E-state index is -1.05. The Morgan fingerprint density at radius 2 is 1.87 bits per heavy atom. The minimum Gasteiger partial charge on any atom is -0.465 e. The fourth-order valence-corrected chi connectivity index (χ4v) is 5.81. The molecule has 1 unspecified atom stereocenters. The van der Waals surface area contributed by atoms with E-state index in [1.54, 1.807) is 7.11 Å². The number of piperidine rings is 1. The third-order valence-corrected chi connectivity index (χ3v) is 7.10. The molecule has 8 nitrogen and oxygen atoms in total. The highest BCUT2D eigenvalue weighted by atomic mass is 16.5. The second-order valence-corrected chi connectivity index (χ2v) is 8.76. The van der Waals surface area contributed by atoms with Gasteiger partial charge in [-0.3, -0.25) is 19.5 Å². The molecule has 3 saturated heterocycles. The molecule has 4 rings (SSSR count). The first kappa shape index (κ1) is 21.1. The topological polar surface area (TPSA) is 76.6 Å². The lowest BCUT2D eigenvalue weighted by molar-refractivity contribution is -0.157. The second kappa shape index (κ2) is 8.17. The molecule has 1 aromatic rings. The summed E-state index contributed by atoms with van der Waals surface area (Å²) in [6.45, 7) is 6.85. The number of carboxylic acid groups (broad SMARTS) is 1. The molecule has 0 aromatic heterocycles. The molecule has 1 aromatic carbocycles. The van der Waals surface area contributed by atoms with Crippen molar-refractivity contribution >= 4 is 12.0 Å². The molecular formula is C22H32N4O4. The second-order valence-electron chi connectivity index (χ2n) is 8.76. The van der Waals surface area contributed by atoms with Gasteiger partial charge in [0.1, 0.15) is 12.2 Å². The Bertz CT molecular complexity index is 781. The predicted molar refractivity (Wildman–Crippen MR) is 112 cm³/mol. The van der Waals surface area contributed by atoms with Crippen molar-refractivity contribution in [1.82, 2.24) is 19.6 Å². The minimum absolute atomic E-state index is 0.0748. The molecule has 3 aliphatic heterocycles. The maximum absolute atomic E-state index is 13.0. The van der Waals surface area contributed by atoms with Gasteiger partial charge < -0.3 is 14.7 Å². The molecule has 3 heterocycles. The van der Waals surface area contributed by atoms with Gasteiger partial charge in [-0.15, -0.1) is 0 Å². The number of ether oxygens (including phenoxy) is 1. The van der Waals surface area contributed by atoms with Gasteiger partial charge in [0.25, 0.3) is 0 Å². The van der Waals surface area contributed by atoms with Crippen LogP contribution >= 0.6 is 0 Å². The Morgan fingerprint density at radius 3 is 2.47 bits per heavy atom. The van der Waals surface area contributed by atoms with Gasteiger partial charge in [0, 0.05) is 38.8 Å². The number of likely N-dealkylation sites (N-methyl/N-ethyl adjacent to an activating group) is 1. The van der Waals surface area contributed by atoms with Crippen LogP contribution in [-0.2, 0) is 16.1 Å². The molecular weight excluding hydrogens is 384 g/mol. The van der Waals surface area contributed by atoms with Gasteiger partial charge in [-0.2, -0.15) is 0 Å². The van der Waals surface area contributed by atoms with Crippen molar-refractivity contribution in [2.75, 3.05) is 53.0 Å². The van der Waals surface area contributed by atoms with Gasteiger partial charge in [-0.05, 0) is 24.9 Å². The fraction of sp³-hybridized carbons (Fsp3) is 0.636. The van der Waals surface area contributed by atoms with E-state index in [9.17, 15) is 14.7 Å². The number of carbonyl (C=O) groups excluding carboxylic acids is 1. The van der Waals surface area contributed by atoms with Crippen LogP contribution in [0.4, 0.5) is 4.79 Å². The normalized spacial score (nSPS) is 26.9. The molecule has 3 aliphatic rings. The van der Waals surface area contributed by atoms with E-state index in [1.165, 1.54) is 10.5 Å². The Balaban J connectivity index is 1.56. The number of hydrogen-bond acceptors (Lipinski definition) is 5. The van der Waals surface area contributed by atoms with Gasteiger partial charge in [-0.25, -0.2) is 4.79 Å². The van der Waals surface area contributed by atoms with Crippen LogP contribution in [0.1, 0.15) is 25.3 Å². The lowest BCUT2D eigenvalue weighted by Gasteiger charge is -2.52. The van der Waals surface area contributed by atoms with E-state index in [0.717, 1.165) is 39.0 Å². The summed E-state index contributed by atoms with van der Waals surface area (Å²) in [6.07, 6.45) is 0.861. The molecule has 1 atom stereocenters. The largest absolute Gasteiger partial charge is 0.465 e. The number of carbonyl (C=O) groups is 2. The number of amides is 2. The van der Waals surface area contributed by atoms with Crippen LogP contribution in [0.5, 0.6) is 0 Å². The number of methoxy groups -OCH3 is 1. The third-order valence-electron chi connectivity index (χ3n) is 7.10. The van der Waals surface area contributed by atoms with Gasteiger partial charge in [-0.1, -0.05) is 37.3 Å². The van der Waals surface area contributed by atoms with E-state index in [4.69, 9.17) is 4.74 Å². The number of benzene rings is 1. The first-order chi connectivity index (χ1) is 14.4. The van der Waals surface area contributed by atoms with Crippen molar-refractivity contribution < 1.29 is 19.4 Å². The molecule has 3 fully saturated rings. The summed E-state index contributed by atoms with van der Waals surface area (Å²) in [5.74, 6) is -0.122. The first-order valence-electron chi connectivity index (χ1n) is 10.8. The summed E-state index contributed by atoms with van der Waals surface area (Å²) >= 11 is 0. The van der Waals surface area contributed by atoms with E-state index in [1.807, 2.05) is 11.0 Å². The summed E-state index contributed by atoms with van der Waals surface area (Å²) in [5, 5.41) is 9.58. The Kier molecular flexibility index (Phi) is 5.74. The average molecular weight is 417 g/mol. The van der Waals surface area contributed by atoms with E-state index in [-0.39, 0.29) is 24.5 Å². The summed E-state index contributed by atoms with van der Waals surface area (Å²) < 4.78 is 5.56. The van der Waals surface area contributed by atoms with Crippen molar-refractivity contribution in [3.8, 4) is 0 Å². The zero-order valence-corrected chi connectivity index (χ0v) is 17.9. The van der Waals surface area contributed by atoms with Crippen LogP contribution < -0.4 is 0 Å². The van der Waals surface area contributed by atoms with Crippen molar-refractivity contribution in [2.45, 2.75) is 37.5 Å². The van der Waals surface area contributed by atoms with Crippen molar-refractivity contribution in [3.63, 3.8) is 0 Å². The zero-order chi connectivity index (χ0) is 21.4. The average Bonchev–Trinajstić information content (AvgIpc) is 3.00. The van der Waals surface area contributed by atoms with E-state index < -0.39 is 11.8 Å². The summed E-state index contributed by atoms with van der Waals surface area (Å²) in [4.78, 5) is 32.7. The molecule has 2 amide bonds. The quantitative estimate of drug-likeness (QED) is 0.784. The monoisotopic (exact) mass is 416 g/mol. The van der Waals surface area contributed by atoms with Gasteiger partial charge in [0.2, 0.25) is 5.91 Å². The summed E-state index contributed by atoms with van der Waals surface area (Å²) in [7, 11) is 1.62. The Hall–Kier alpha value is -2.16. The highest BCUT2D eigenvalue weighted by Gasteiger charge is 2.63. The van der Waals surface area contributed by atoms with Crippen LogP contribution in [0.3, 0.4) is 0 Å². The number of fused-ring (bicyclic) bond motifs is 1. The van der Waals surface area contributed by atoms with Crippen LogP contribution in [-0.4, -0.2) is 101 Å². The predicted octanol–water partition coefficient (Wildman–Crippen LogP) is 1.52. The SMILES string of the molecule is CCN1C2(CCN(Cc3ccccc3)CC2)CN2C(=O)CN(C(=O)O)CC21COC. The molecule has 1 spiro atoms. The molecule has 30 heavy (non-hydrogen) atoms. The standard InChI is InChI=1S/C22H32N4O4/c1-3-26-21(9-11-23(12-10-21)13-18-7-5-4-6-8-18)15-25-19(27)14-24(20(28)29)16-22(25,26)17-30-2/h4-8H,3,9-17H2,1-2H3,(H,28,29). The Labute approximate surface area is 178 Å². The summed E-state index contributed by atoms with van der Waals surface area (Å²) in [6, 6.07) is 10.5. The van der Waals surface area contributed by atoms with Crippen molar-refractivity contribution in [1.29, 1.82) is 0 Å². The highest BCUT2D eigenvalue weighted by molar-refractivity contribution is 5.84. The van der Waals surface area contributed by atoms with E-state index in [2.05, 4.69) is 41.0 Å². The number of hydrogen-bond donors (Lipinski definition) is 1. The molecule has 0 saturated carbocycles. The van der Waals surface area contributed by atoms with Crippen molar-refractivity contribution in [3.05, 3.63) is 35.9 Å². The zero-order valence-electron chi connectivity index (χ0n) is 17.9. The third kappa shape index (κ3) is 3.46. The van der Waals surface area contributed by atoms with E-state index in [0.29, 0.717) is 13.2 Å². The number of piperazine rings is 1.